The summed E-state index contributed by atoms with van der Waals surface area (Å²) >= 11 is 5.82. The number of halogens is 1. The highest BCUT2D eigenvalue weighted by atomic mass is 35.5. The molecule has 0 heterocycles. The lowest BCUT2D eigenvalue weighted by molar-refractivity contribution is -0.400. The number of para-hydroxylation sites is 1. The van der Waals surface area contributed by atoms with Crippen LogP contribution in [0.1, 0.15) is 5.56 Å². The van der Waals surface area contributed by atoms with Crippen LogP contribution >= 0.6 is 11.6 Å². The average molecular weight is 214 g/mol. The monoisotopic (exact) mass is 213 g/mol. The minimum atomic E-state index is -0.541. The van der Waals surface area contributed by atoms with Crippen LogP contribution in [0.2, 0.25) is 5.02 Å². The van der Waals surface area contributed by atoms with Crippen LogP contribution < -0.4 is 4.74 Å². The van der Waals surface area contributed by atoms with Crippen LogP contribution in [0.5, 0.6) is 5.75 Å². The van der Waals surface area contributed by atoms with Crippen molar-refractivity contribution in [1.82, 2.24) is 0 Å². The van der Waals surface area contributed by atoms with E-state index in [1.807, 2.05) is 0 Å². The van der Waals surface area contributed by atoms with Crippen molar-refractivity contribution >= 4 is 17.7 Å². The summed E-state index contributed by atoms with van der Waals surface area (Å²) in [5.74, 6) is 0.437. The molecule has 0 atom stereocenters. The van der Waals surface area contributed by atoms with Crippen LogP contribution in [0.4, 0.5) is 0 Å². The Kier molecular flexibility index (Phi) is 3.48. The van der Waals surface area contributed by atoms with E-state index in [-0.39, 0.29) is 0 Å². The molecule has 1 aromatic rings. The molecular formula is C9H8ClNO3. The topological polar surface area (TPSA) is 52.4 Å². The molecule has 14 heavy (non-hydrogen) atoms. The Hall–Kier alpha value is -1.55. The maximum Gasteiger partial charge on any atom is 0.235 e. The molecule has 0 spiro atoms. The molecule has 0 fully saturated rings. The summed E-state index contributed by atoms with van der Waals surface area (Å²) in [6.07, 6.45) is 2.18. The molecule has 1 aromatic carbocycles. The van der Waals surface area contributed by atoms with Crippen LogP contribution in [0.15, 0.2) is 24.4 Å². The van der Waals surface area contributed by atoms with Gasteiger partial charge in [-0.2, -0.15) is 0 Å². The van der Waals surface area contributed by atoms with Gasteiger partial charge >= 0.3 is 0 Å². The molecule has 0 unspecified atom stereocenters. The van der Waals surface area contributed by atoms with Gasteiger partial charge in [-0.25, -0.2) is 0 Å². The standard InChI is InChI=1S/C9H8ClNO3/c1-14-9-7(5-6-11(12)13)3-2-4-8(9)10/h2-6H,1H3. The van der Waals surface area contributed by atoms with E-state index >= 15 is 0 Å². The minimum Gasteiger partial charge on any atom is -0.495 e. The third-order valence-electron chi connectivity index (χ3n) is 1.58. The molecule has 5 heteroatoms. The summed E-state index contributed by atoms with van der Waals surface area (Å²) < 4.78 is 5.00. The third kappa shape index (κ3) is 2.47. The zero-order valence-electron chi connectivity index (χ0n) is 7.44. The molecule has 0 N–H and O–H groups in total. The van der Waals surface area contributed by atoms with Crippen molar-refractivity contribution in [1.29, 1.82) is 0 Å². The second-order valence-electron chi connectivity index (χ2n) is 2.46. The lowest BCUT2D eigenvalue weighted by Crippen LogP contribution is -1.89. The molecule has 74 valence electrons. The zero-order valence-corrected chi connectivity index (χ0v) is 8.19. The van der Waals surface area contributed by atoms with E-state index in [2.05, 4.69) is 0 Å². The van der Waals surface area contributed by atoms with Crippen molar-refractivity contribution < 1.29 is 9.66 Å². The molecule has 0 radical (unpaired) electrons. The molecule has 0 amide bonds. The van der Waals surface area contributed by atoms with Crippen molar-refractivity contribution in [3.63, 3.8) is 0 Å². The van der Waals surface area contributed by atoms with Crippen molar-refractivity contribution in [2.45, 2.75) is 0 Å². The quantitative estimate of drug-likeness (QED) is 0.573. The summed E-state index contributed by atoms with van der Waals surface area (Å²) in [5, 5.41) is 10.5. The molecule has 4 nitrogen and oxygen atoms in total. The first kappa shape index (κ1) is 10.5. The summed E-state index contributed by atoms with van der Waals surface area (Å²) in [6, 6.07) is 5.04. The van der Waals surface area contributed by atoms with E-state index in [4.69, 9.17) is 16.3 Å². The Morgan fingerprint density at radius 2 is 2.29 bits per heavy atom. The van der Waals surface area contributed by atoms with Gasteiger partial charge in [0.15, 0.2) is 0 Å². The van der Waals surface area contributed by atoms with Gasteiger partial charge in [-0.3, -0.25) is 10.1 Å². The van der Waals surface area contributed by atoms with Gasteiger partial charge in [-0.15, -0.1) is 0 Å². The normalized spacial score (nSPS) is 10.4. The van der Waals surface area contributed by atoms with Crippen molar-refractivity contribution in [3.05, 3.63) is 45.1 Å². The lowest BCUT2D eigenvalue weighted by atomic mass is 10.2. The summed E-state index contributed by atoms with van der Waals surface area (Å²) in [5.41, 5.74) is 0.580. The summed E-state index contributed by atoms with van der Waals surface area (Å²) in [6.45, 7) is 0. The predicted molar refractivity (Wildman–Crippen MR) is 54.0 cm³/mol. The molecule has 1 rings (SSSR count). The molecule has 0 aliphatic carbocycles. The number of methoxy groups -OCH3 is 1. The average Bonchev–Trinajstić information content (AvgIpc) is 2.14. The van der Waals surface area contributed by atoms with E-state index < -0.39 is 4.92 Å². The van der Waals surface area contributed by atoms with Gasteiger partial charge in [0.1, 0.15) is 5.75 Å². The fourth-order valence-electron chi connectivity index (χ4n) is 1.01. The molecular weight excluding hydrogens is 206 g/mol. The first-order valence-electron chi connectivity index (χ1n) is 3.79. The van der Waals surface area contributed by atoms with Gasteiger partial charge in [0, 0.05) is 11.6 Å². The minimum absolute atomic E-state index is 0.429. The number of ether oxygens (including phenoxy) is 1. The Labute approximate surface area is 85.9 Å². The smallest absolute Gasteiger partial charge is 0.235 e. The van der Waals surface area contributed by atoms with Gasteiger partial charge in [0.25, 0.3) is 0 Å². The van der Waals surface area contributed by atoms with Crippen LogP contribution in [-0.4, -0.2) is 12.0 Å². The van der Waals surface area contributed by atoms with Crippen molar-refractivity contribution in [2.75, 3.05) is 7.11 Å². The molecule has 0 aliphatic heterocycles. The van der Waals surface area contributed by atoms with Crippen LogP contribution in [0, 0.1) is 10.1 Å². The SMILES string of the molecule is COc1c(Cl)cccc1C=C[N+](=O)[O-]. The van der Waals surface area contributed by atoms with Gasteiger partial charge < -0.3 is 4.74 Å². The molecule has 0 bridgehead atoms. The number of nitro groups is 1. The van der Waals surface area contributed by atoms with E-state index in [0.29, 0.717) is 16.3 Å². The van der Waals surface area contributed by atoms with E-state index in [1.54, 1.807) is 18.2 Å². The maximum absolute atomic E-state index is 10.1. The second-order valence-corrected chi connectivity index (χ2v) is 2.87. The fourth-order valence-corrected chi connectivity index (χ4v) is 1.27. The summed E-state index contributed by atoms with van der Waals surface area (Å²) in [4.78, 5) is 9.56. The van der Waals surface area contributed by atoms with Crippen molar-refractivity contribution in [3.8, 4) is 5.75 Å². The highest BCUT2D eigenvalue weighted by Crippen LogP contribution is 2.28. The largest absolute Gasteiger partial charge is 0.495 e. The van der Waals surface area contributed by atoms with E-state index in [9.17, 15) is 10.1 Å². The second kappa shape index (κ2) is 4.62. The molecule has 0 aliphatic rings. The number of rotatable bonds is 3. The number of benzene rings is 1. The maximum atomic E-state index is 10.1. The Morgan fingerprint density at radius 3 is 2.86 bits per heavy atom. The highest BCUT2D eigenvalue weighted by molar-refractivity contribution is 6.32. The first-order valence-corrected chi connectivity index (χ1v) is 4.17. The van der Waals surface area contributed by atoms with Gasteiger partial charge in [-0.1, -0.05) is 23.7 Å². The number of hydrogen-bond acceptors (Lipinski definition) is 3. The van der Waals surface area contributed by atoms with Crippen LogP contribution in [-0.2, 0) is 0 Å². The van der Waals surface area contributed by atoms with Gasteiger partial charge in [0.2, 0.25) is 6.20 Å². The highest BCUT2D eigenvalue weighted by Gasteiger charge is 2.04. The number of hydrogen-bond donors (Lipinski definition) is 0. The first-order chi connectivity index (χ1) is 6.65. The Morgan fingerprint density at radius 1 is 1.57 bits per heavy atom. The van der Waals surface area contributed by atoms with Gasteiger partial charge in [-0.05, 0) is 6.07 Å². The van der Waals surface area contributed by atoms with E-state index in [1.165, 1.54) is 13.2 Å². The predicted octanol–water partition coefficient (Wildman–Crippen LogP) is 2.60. The number of nitrogens with zero attached hydrogens (tertiary/aromatic N) is 1. The lowest BCUT2D eigenvalue weighted by Gasteiger charge is -2.05. The van der Waals surface area contributed by atoms with Crippen molar-refractivity contribution in [2.24, 2.45) is 0 Å². The molecule has 0 saturated heterocycles. The molecule has 0 aromatic heterocycles. The van der Waals surface area contributed by atoms with Gasteiger partial charge in [0.05, 0.1) is 17.1 Å². The van der Waals surface area contributed by atoms with Crippen LogP contribution in [0.25, 0.3) is 6.08 Å². The fraction of sp³-hybridized carbons (Fsp3) is 0.111. The Balaban J connectivity index is 3.08. The van der Waals surface area contributed by atoms with E-state index in [0.717, 1.165) is 6.20 Å². The van der Waals surface area contributed by atoms with Crippen LogP contribution in [0.3, 0.4) is 0 Å². The summed E-state index contributed by atoms with van der Waals surface area (Å²) in [7, 11) is 1.46. The zero-order chi connectivity index (χ0) is 10.6. The molecule has 0 saturated carbocycles. The Bertz CT molecular complexity index is 376. The third-order valence-corrected chi connectivity index (χ3v) is 1.88.